The SMILES string of the molecule is CCN(CC)CC(N)c1noc(-c2cc(Br)ccc2F)n1. The van der Waals surface area contributed by atoms with Crippen molar-refractivity contribution in [2.24, 2.45) is 5.73 Å². The van der Waals surface area contributed by atoms with Crippen molar-refractivity contribution in [1.29, 1.82) is 0 Å². The molecule has 114 valence electrons. The number of aromatic nitrogens is 2. The second-order valence-electron chi connectivity index (χ2n) is 4.67. The molecule has 21 heavy (non-hydrogen) atoms. The fourth-order valence-corrected chi connectivity index (χ4v) is 2.36. The summed E-state index contributed by atoms with van der Waals surface area (Å²) in [5, 5.41) is 3.87. The molecule has 0 fully saturated rings. The highest BCUT2D eigenvalue weighted by atomic mass is 79.9. The lowest BCUT2D eigenvalue weighted by Crippen LogP contribution is -2.32. The van der Waals surface area contributed by atoms with Crippen molar-refractivity contribution in [2.45, 2.75) is 19.9 Å². The van der Waals surface area contributed by atoms with Crippen molar-refractivity contribution in [2.75, 3.05) is 19.6 Å². The molecule has 0 radical (unpaired) electrons. The van der Waals surface area contributed by atoms with Gasteiger partial charge in [-0.25, -0.2) is 4.39 Å². The zero-order valence-electron chi connectivity index (χ0n) is 12.0. The van der Waals surface area contributed by atoms with Gasteiger partial charge in [-0.2, -0.15) is 4.98 Å². The molecule has 0 saturated carbocycles. The number of nitrogens with two attached hydrogens (primary N) is 1. The molecule has 0 aliphatic rings. The summed E-state index contributed by atoms with van der Waals surface area (Å²) in [5.74, 6) is 0.112. The van der Waals surface area contributed by atoms with E-state index in [1.54, 1.807) is 12.1 Å². The lowest BCUT2D eigenvalue weighted by molar-refractivity contribution is 0.278. The summed E-state index contributed by atoms with van der Waals surface area (Å²) in [4.78, 5) is 6.38. The Morgan fingerprint density at radius 2 is 2.10 bits per heavy atom. The normalized spacial score (nSPS) is 12.9. The highest BCUT2D eigenvalue weighted by Gasteiger charge is 2.19. The molecule has 2 N–H and O–H groups in total. The summed E-state index contributed by atoms with van der Waals surface area (Å²) in [7, 11) is 0. The predicted molar refractivity (Wildman–Crippen MR) is 82.1 cm³/mol. The number of hydrogen-bond acceptors (Lipinski definition) is 5. The summed E-state index contributed by atoms with van der Waals surface area (Å²) in [5.41, 5.74) is 6.34. The summed E-state index contributed by atoms with van der Waals surface area (Å²) in [6, 6.07) is 4.20. The van der Waals surface area contributed by atoms with Gasteiger partial charge in [0.2, 0.25) is 0 Å². The first kappa shape index (κ1) is 16.1. The Kier molecular flexibility index (Phi) is 5.44. The number of nitrogens with zero attached hydrogens (tertiary/aromatic N) is 3. The van der Waals surface area contributed by atoms with Crippen LogP contribution in [0.4, 0.5) is 4.39 Å². The van der Waals surface area contributed by atoms with Gasteiger partial charge in [0.15, 0.2) is 5.82 Å². The molecule has 0 bridgehead atoms. The van der Waals surface area contributed by atoms with Crippen molar-refractivity contribution < 1.29 is 8.91 Å². The summed E-state index contributed by atoms with van der Waals surface area (Å²) >= 11 is 3.29. The third-order valence-electron chi connectivity index (χ3n) is 3.28. The van der Waals surface area contributed by atoms with Crippen molar-refractivity contribution in [1.82, 2.24) is 15.0 Å². The Morgan fingerprint density at radius 3 is 2.76 bits per heavy atom. The maximum absolute atomic E-state index is 13.8. The number of likely N-dealkylation sites (N-methyl/N-ethyl adjacent to an activating group) is 1. The Morgan fingerprint density at radius 1 is 1.38 bits per heavy atom. The van der Waals surface area contributed by atoms with Gasteiger partial charge in [0.25, 0.3) is 5.89 Å². The Hall–Kier alpha value is -1.31. The Balaban J connectivity index is 2.19. The molecular weight excluding hydrogens is 339 g/mol. The van der Waals surface area contributed by atoms with Gasteiger partial charge < -0.3 is 15.2 Å². The molecule has 1 heterocycles. The third-order valence-corrected chi connectivity index (χ3v) is 3.77. The van der Waals surface area contributed by atoms with Gasteiger partial charge in [0, 0.05) is 11.0 Å². The fourth-order valence-electron chi connectivity index (χ4n) is 2.00. The van der Waals surface area contributed by atoms with Crippen LogP contribution in [0.5, 0.6) is 0 Å². The van der Waals surface area contributed by atoms with Crippen molar-refractivity contribution in [3.63, 3.8) is 0 Å². The second kappa shape index (κ2) is 7.11. The standard InChI is InChI=1S/C14H18BrFN4O/c1-3-20(4-2)8-12(17)13-18-14(21-19-13)10-7-9(15)5-6-11(10)16/h5-7,12H,3-4,8,17H2,1-2H3. The molecule has 1 atom stereocenters. The Labute approximate surface area is 131 Å². The first-order valence-electron chi connectivity index (χ1n) is 6.82. The first-order valence-corrected chi connectivity index (χ1v) is 7.61. The van der Waals surface area contributed by atoms with E-state index in [4.69, 9.17) is 10.3 Å². The summed E-state index contributed by atoms with van der Waals surface area (Å²) in [6.07, 6.45) is 0. The maximum atomic E-state index is 13.8. The lowest BCUT2D eigenvalue weighted by atomic mass is 10.2. The minimum atomic E-state index is -0.411. The van der Waals surface area contributed by atoms with Gasteiger partial charge >= 0.3 is 0 Å². The number of halogens is 2. The molecule has 0 amide bonds. The molecule has 0 aliphatic heterocycles. The minimum Gasteiger partial charge on any atom is -0.334 e. The van der Waals surface area contributed by atoms with Crippen LogP contribution in [0.25, 0.3) is 11.5 Å². The third kappa shape index (κ3) is 3.87. The van der Waals surface area contributed by atoms with Crippen LogP contribution in [0.2, 0.25) is 0 Å². The monoisotopic (exact) mass is 356 g/mol. The molecule has 5 nitrogen and oxygen atoms in total. The van der Waals surface area contributed by atoms with Crippen LogP contribution < -0.4 is 5.73 Å². The van der Waals surface area contributed by atoms with Gasteiger partial charge in [-0.15, -0.1) is 0 Å². The van der Waals surface area contributed by atoms with E-state index in [9.17, 15) is 4.39 Å². The highest BCUT2D eigenvalue weighted by Crippen LogP contribution is 2.25. The summed E-state index contributed by atoms with van der Waals surface area (Å²) < 4.78 is 19.7. The molecule has 1 aromatic carbocycles. The van der Waals surface area contributed by atoms with Crippen LogP contribution in [0.3, 0.4) is 0 Å². The van der Waals surface area contributed by atoms with E-state index in [0.717, 1.165) is 17.6 Å². The van der Waals surface area contributed by atoms with Crippen LogP contribution in [-0.2, 0) is 0 Å². The van der Waals surface area contributed by atoms with Crippen LogP contribution in [-0.4, -0.2) is 34.7 Å². The molecule has 0 saturated heterocycles. The van der Waals surface area contributed by atoms with Crippen LogP contribution >= 0.6 is 15.9 Å². The second-order valence-corrected chi connectivity index (χ2v) is 5.59. The largest absolute Gasteiger partial charge is 0.334 e. The maximum Gasteiger partial charge on any atom is 0.260 e. The zero-order valence-corrected chi connectivity index (χ0v) is 13.6. The molecule has 1 unspecified atom stereocenters. The molecule has 0 aliphatic carbocycles. The van der Waals surface area contributed by atoms with Crippen LogP contribution in [0.15, 0.2) is 27.2 Å². The minimum absolute atomic E-state index is 0.138. The van der Waals surface area contributed by atoms with Gasteiger partial charge in [0.1, 0.15) is 5.82 Å². The van der Waals surface area contributed by atoms with Gasteiger partial charge in [-0.1, -0.05) is 34.9 Å². The Bertz CT molecular complexity index is 600. The van der Waals surface area contributed by atoms with Gasteiger partial charge in [0.05, 0.1) is 11.6 Å². The summed E-state index contributed by atoms with van der Waals surface area (Å²) in [6.45, 7) is 6.56. The molecule has 1 aromatic heterocycles. The quantitative estimate of drug-likeness (QED) is 0.861. The highest BCUT2D eigenvalue weighted by molar-refractivity contribution is 9.10. The first-order chi connectivity index (χ1) is 10.0. The molecule has 7 heteroatoms. The fraction of sp³-hybridized carbons (Fsp3) is 0.429. The van der Waals surface area contributed by atoms with Crippen molar-refractivity contribution >= 4 is 15.9 Å². The van der Waals surface area contributed by atoms with Crippen molar-refractivity contribution in [3.8, 4) is 11.5 Å². The van der Waals surface area contributed by atoms with Crippen molar-refractivity contribution in [3.05, 3.63) is 34.3 Å². The number of benzene rings is 1. The molecular formula is C14H18BrFN4O. The van der Waals surface area contributed by atoms with E-state index in [1.165, 1.54) is 6.07 Å². The molecule has 2 aromatic rings. The van der Waals surface area contributed by atoms with E-state index >= 15 is 0 Å². The zero-order chi connectivity index (χ0) is 15.4. The lowest BCUT2D eigenvalue weighted by Gasteiger charge is -2.20. The topological polar surface area (TPSA) is 68.2 Å². The molecule has 0 spiro atoms. The van der Waals surface area contributed by atoms with Gasteiger partial charge in [-0.05, 0) is 31.3 Å². The van der Waals surface area contributed by atoms with Crippen LogP contribution in [0.1, 0.15) is 25.7 Å². The van der Waals surface area contributed by atoms with Gasteiger partial charge in [-0.3, -0.25) is 0 Å². The average molecular weight is 357 g/mol. The van der Waals surface area contributed by atoms with E-state index in [-0.39, 0.29) is 17.5 Å². The van der Waals surface area contributed by atoms with E-state index in [1.807, 2.05) is 0 Å². The van der Waals surface area contributed by atoms with Crippen LogP contribution in [0, 0.1) is 5.82 Å². The van der Waals surface area contributed by atoms with E-state index < -0.39 is 5.82 Å². The van der Waals surface area contributed by atoms with E-state index in [0.29, 0.717) is 12.4 Å². The smallest absolute Gasteiger partial charge is 0.260 e. The average Bonchev–Trinajstić information content (AvgIpc) is 2.96. The number of hydrogen-bond donors (Lipinski definition) is 1. The molecule has 2 rings (SSSR count). The van der Waals surface area contributed by atoms with E-state index in [2.05, 4.69) is 44.8 Å². The number of rotatable bonds is 6. The predicted octanol–water partition coefficient (Wildman–Crippen LogP) is 2.98.